The van der Waals surface area contributed by atoms with Gasteiger partial charge in [-0.15, -0.1) is 0 Å². The minimum Gasteiger partial charge on any atom is -0.465 e. The van der Waals surface area contributed by atoms with Crippen molar-refractivity contribution in [2.24, 2.45) is 0 Å². The fraction of sp³-hybridized carbons (Fsp3) is 0. The molecule has 104 valence electrons. The zero-order valence-corrected chi connectivity index (χ0v) is 11.7. The second-order valence-electron chi connectivity index (χ2n) is 4.35. The first kappa shape index (κ1) is 13.4. The summed E-state index contributed by atoms with van der Waals surface area (Å²) in [5, 5.41) is 4.81. The minimum absolute atomic E-state index is 0.204. The van der Waals surface area contributed by atoms with Crippen LogP contribution in [0.2, 0.25) is 5.02 Å². The van der Waals surface area contributed by atoms with Gasteiger partial charge in [-0.1, -0.05) is 11.6 Å². The zero-order valence-electron chi connectivity index (χ0n) is 10.9. The molecule has 0 bridgehead atoms. The van der Waals surface area contributed by atoms with Crippen LogP contribution in [0.15, 0.2) is 59.3 Å². The Morgan fingerprint density at radius 2 is 1.95 bits per heavy atom. The van der Waals surface area contributed by atoms with E-state index in [9.17, 15) is 4.79 Å². The smallest absolute Gasteiger partial charge is 0.278 e. The number of benzene rings is 1. The summed E-state index contributed by atoms with van der Waals surface area (Å²) in [6, 6.07) is 12.1. The molecule has 0 radical (unpaired) electrons. The molecule has 2 heterocycles. The van der Waals surface area contributed by atoms with E-state index in [2.05, 4.69) is 5.10 Å². The van der Waals surface area contributed by atoms with Crippen molar-refractivity contribution in [1.82, 2.24) is 9.78 Å². The largest absolute Gasteiger partial charge is 0.465 e. The molecular formula is C16H11ClN2O2. The van der Waals surface area contributed by atoms with Gasteiger partial charge in [-0.05, 0) is 54.6 Å². The van der Waals surface area contributed by atoms with Crippen LogP contribution < -0.4 is 0 Å². The van der Waals surface area contributed by atoms with E-state index in [1.165, 1.54) is 4.68 Å². The van der Waals surface area contributed by atoms with E-state index in [0.717, 1.165) is 5.76 Å². The molecule has 21 heavy (non-hydrogen) atoms. The van der Waals surface area contributed by atoms with Crippen LogP contribution in [-0.2, 0) is 0 Å². The molecule has 4 nitrogen and oxygen atoms in total. The van der Waals surface area contributed by atoms with Gasteiger partial charge in [0.05, 0.1) is 12.0 Å². The summed E-state index contributed by atoms with van der Waals surface area (Å²) in [6.45, 7) is 0. The van der Waals surface area contributed by atoms with Gasteiger partial charge in [0.1, 0.15) is 5.76 Å². The van der Waals surface area contributed by atoms with Crippen molar-refractivity contribution in [3.63, 3.8) is 0 Å². The van der Waals surface area contributed by atoms with Crippen LogP contribution in [0.1, 0.15) is 21.8 Å². The average molecular weight is 299 g/mol. The first-order valence-corrected chi connectivity index (χ1v) is 6.68. The molecule has 0 saturated heterocycles. The number of furan rings is 1. The fourth-order valence-corrected chi connectivity index (χ4v) is 1.94. The van der Waals surface area contributed by atoms with Crippen molar-refractivity contribution < 1.29 is 9.21 Å². The summed E-state index contributed by atoms with van der Waals surface area (Å²) in [5.41, 5.74) is 1.21. The third-order valence-electron chi connectivity index (χ3n) is 2.87. The maximum Gasteiger partial charge on any atom is 0.278 e. The maximum absolute atomic E-state index is 12.2. The number of aromatic nitrogens is 2. The van der Waals surface area contributed by atoms with Crippen LogP contribution in [0.5, 0.6) is 0 Å². The van der Waals surface area contributed by atoms with Crippen LogP contribution in [0, 0.1) is 0 Å². The average Bonchev–Trinajstić information content (AvgIpc) is 3.17. The molecule has 1 aromatic carbocycles. The van der Waals surface area contributed by atoms with E-state index in [0.29, 0.717) is 16.3 Å². The molecular weight excluding hydrogens is 288 g/mol. The standard InChI is InChI=1S/C16H11ClN2O2/c17-13-5-3-12(4-6-13)16(20)19-10-9-14(18-19)7-8-15-2-1-11-21-15/h1-11H/b8-7+. The third kappa shape index (κ3) is 3.12. The molecule has 0 saturated carbocycles. The second-order valence-corrected chi connectivity index (χ2v) is 4.78. The van der Waals surface area contributed by atoms with E-state index < -0.39 is 0 Å². The molecule has 3 aromatic rings. The van der Waals surface area contributed by atoms with Crippen LogP contribution in [0.25, 0.3) is 12.2 Å². The van der Waals surface area contributed by atoms with Gasteiger partial charge < -0.3 is 4.42 Å². The molecule has 2 aromatic heterocycles. The Bertz CT molecular complexity index is 771. The molecule has 0 spiro atoms. The van der Waals surface area contributed by atoms with E-state index in [1.807, 2.05) is 12.1 Å². The molecule has 0 aliphatic heterocycles. The third-order valence-corrected chi connectivity index (χ3v) is 3.12. The van der Waals surface area contributed by atoms with Gasteiger partial charge >= 0.3 is 0 Å². The van der Waals surface area contributed by atoms with Crippen molar-refractivity contribution in [1.29, 1.82) is 0 Å². The number of nitrogens with zero attached hydrogens (tertiary/aromatic N) is 2. The van der Waals surface area contributed by atoms with Crippen LogP contribution in [0.4, 0.5) is 0 Å². The Labute approximate surface area is 126 Å². The maximum atomic E-state index is 12.2. The number of carbonyl (C=O) groups is 1. The Hall–Kier alpha value is -2.59. The van der Waals surface area contributed by atoms with Gasteiger partial charge in [0.2, 0.25) is 0 Å². The number of rotatable bonds is 3. The Morgan fingerprint density at radius 1 is 1.14 bits per heavy atom. The van der Waals surface area contributed by atoms with Gasteiger partial charge in [-0.3, -0.25) is 4.79 Å². The molecule has 0 amide bonds. The monoisotopic (exact) mass is 298 g/mol. The van der Waals surface area contributed by atoms with E-state index in [4.69, 9.17) is 16.0 Å². The van der Waals surface area contributed by atoms with Crippen molar-refractivity contribution >= 4 is 29.7 Å². The molecule has 0 atom stereocenters. The highest BCUT2D eigenvalue weighted by atomic mass is 35.5. The fourth-order valence-electron chi connectivity index (χ4n) is 1.82. The molecule has 0 N–H and O–H groups in total. The van der Waals surface area contributed by atoms with Gasteiger partial charge in [-0.2, -0.15) is 5.10 Å². The van der Waals surface area contributed by atoms with E-state index in [-0.39, 0.29) is 5.91 Å². The van der Waals surface area contributed by atoms with Crippen LogP contribution in [-0.4, -0.2) is 15.7 Å². The van der Waals surface area contributed by atoms with Crippen LogP contribution in [0.3, 0.4) is 0 Å². The highest BCUT2D eigenvalue weighted by Crippen LogP contribution is 2.12. The van der Waals surface area contributed by atoms with Crippen molar-refractivity contribution in [3.05, 3.63) is 77.0 Å². The Morgan fingerprint density at radius 3 is 2.67 bits per heavy atom. The first-order valence-electron chi connectivity index (χ1n) is 6.30. The summed E-state index contributed by atoms with van der Waals surface area (Å²) >= 11 is 5.80. The van der Waals surface area contributed by atoms with Crippen LogP contribution >= 0.6 is 11.6 Å². The molecule has 0 unspecified atom stereocenters. The SMILES string of the molecule is O=C(c1ccc(Cl)cc1)n1ccc(/C=C/c2ccco2)n1. The summed E-state index contributed by atoms with van der Waals surface area (Å²) in [7, 11) is 0. The lowest BCUT2D eigenvalue weighted by molar-refractivity contribution is 0.0945. The molecule has 0 aliphatic rings. The normalized spacial score (nSPS) is 11.1. The van der Waals surface area contributed by atoms with Crippen molar-refractivity contribution in [2.45, 2.75) is 0 Å². The molecule has 0 aliphatic carbocycles. The molecule has 0 fully saturated rings. The predicted octanol–water partition coefficient (Wildman–Crippen LogP) is 3.99. The summed E-state index contributed by atoms with van der Waals surface area (Å²) in [5.74, 6) is 0.526. The van der Waals surface area contributed by atoms with E-state index >= 15 is 0 Å². The van der Waals surface area contributed by atoms with Gasteiger partial charge in [0.25, 0.3) is 5.91 Å². The Balaban J connectivity index is 1.78. The number of halogens is 1. The lowest BCUT2D eigenvalue weighted by Crippen LogP contribution is -2.12. The van der Waals surface area contributed by atoms with Gasteiger partial charge in [0.15, 0.2) is 0 Å². The second kappa shape index (κ2) is 5.81. The number of hydrogen-bond acceptors (Lipinski definition) is 3. The predicted molar refractivity (Wildman–Crippen MR) is 81.0 cm³/mol. The van der Waals surface area contributed by atoms with Crippen molar-refractivity contribution in [3.8, 4) is 0 Å². The first-order chi connectivity index (χ1) is 10.2. The van der Waals surface area contributed by atoms with Gasteiger partial charge in [-0.25, -0.2) is 4.68 Å². The lowest BCUT2D eigenvalue weighted by atomic mass is 10.2. The Kier molecular flexibility index (Phi) is 3.71. The lowest BCUT2D eigenvalue weighted by Gasteiger charge is -2.00. The van der Waals surface area contributed by atoms with E-state index in [1.54, 1.807) is 54.9 Å². The summed E-state index contributed by atoms with van der Waals surface area (Å²) in [4.78, 5) is 12.2. The van der Waals surface area contributed by atoms with Crippen molar-refractivity contribution in [2.75, 3.05) is 0 Å². The molecule has 3 rings (SSSR count). The number of hydrogen-bond donors (Lipinski definition) is 0. The summed E-state index contributed by atoms with van der Waals surface area (Å²) in [6.07, 6.45) is 6.80. The highest BCUT2D eigenvalue weighted by Gasteiger charge is 2.09. The minimum atomic E-state index is -0.204. The quantitative estimate of drug-likeness (QED) is 0.734. The highest BCUT2D eigenvalue weighted by molar-refractivity contribution is 6.30. The number of carbonyl (C=O) groups excluding carboxylic acids is 1. The molecule has 5 heteroatoms. The summed E-state index contributed by atoms with van der Waals surface area (Å²) < 4.78 is 6.49. The van der Waals surface area contributed by atoms with Gasteiger partial charge in [0, 0.05) is 16.8 Å². The zero-order chi connectivity index (χ0) is 14.7. The topological polar surface area (TPSA) is 48.0 Å².